The molecule has 34 heavy (non-hydrogen) atoms. The van der Waals surface area contributed by atoms with Crippen LogP contribution < -0.4 is 0 Å². The first-order valence-corrected chi connectivity index (χ1v) is 11.3. The monoisotopic (exact) mass is 476 g/mol. The largest absolute Gasteiger partial charge is 0.192 e. The van der Waals surface area contributed by atoms with Crippen molar-refractivity contribution in [3.05, 3.63) is 128 Å². The van der Waals surface area contributed by atoms with Gasteiger partial charge in [0.1, 0.15) is 0 Å². The molecule has 4 rings (SSSR count). The highest BCUT2D eigenvalue weighted by molar-refractivity contribution is 6.31. The molecule has 0 aromatic heterocycles. The number of nitriles is 2. The maximum absolute atomic E-state index is 9.28. The highest BCUT2D eigenvalue weighted by Gasteiger charge is 2.02. The lowest BCUT2D eigenvalue weighted by Crippen LogP contribution is -1.83. The molecule has 0 radical (unpaired) electrons. The van der Waals surface area contributed by atoms with Gasteiger partial charge in [0.15, 0.2) is 0 Å². The van der Waals surface area contributed by atoms with Gasteiger partial charge in [-0.1, -0.05) is 108 Å². The van der Waals surface area contributed by atoms with Crippen molar-refractivity contribution in [2.75, 3.05) is 0 Å². The molecule has 0 atom stereocenters. The van der Waals surface area contributed by atoms with E-state index in [2.05, 4.69) is 36.4 Å². The minimum atomic E-state index is 0.550. The highest BCUT2D eigenvalue weighted by Crippen LogP contribution is 2.23. The topological polar surface area (TPSA) is 47.6 Å². The van der Waals surface area contributed by atoms with Crippen LogP contribution in [0.5, 0.6) is 0 Å². The standard InChI is InChI=1S/C30H18Cl2N2/c31-29-15-13-25(27(17-29)19-33)11-5-21-1-7-23(8-2-21)24-9-3-22(4-10-24)6-12-26-14-16-30(32)18-28(26)20-34/h1-18H/b11-5+,12-6+. The van der Waals surface area contributed by atoms with E-state index in [1.165, 1.54) is 0 Å². The van der Waals surface area contributed by atoms with Crippen molar-refractivity contribution in [3.8, 4) is 23.3 Å². The smallest absolute Gasteiger partial charge is 0.0998 e. The molecule has 0 N–H and O–H groups in total. The van der Waals surface area contributed by atoms with Gasteiger partial charge < -0.3 is 0 Å². The summed E-state index contributed by atoms with van der Waals surface area (Å²) in [5.74, 6) is 0. The molecule has 0 amide bonds. The van der Waals surface area contributed by atoms with Crippen molar-refractivity contribution >= 4 is 47.5 Å². The van der Waals surface area contributed by atoms with Crippen LogP contribution in [0.2, 0.25) is 10.0 Å². The van der Waals surface area contributed by atoms with E-state index >= 15 is 0 Å². The zero-order chi connectivity index (χ0) is 23.9. The molecule has 0 saturated carbocycles. The normalized spacial score (nSPS) is 10.9. The first-order chi connectivity index (χ1) is 16.6. The van der Waals surface area contributed by atoms with Crippen LogP contribution in [0.25, 0.3) is 35.4 Å². The molecule has 0 aliphatic heterocycles. The quantitative estimate of drug-likeness (QED) is 0.270. The fourth-order valence-corrected chi connectivity index (χ4v) is 3.83. The van der Waals surface area contributed by atoms with Crippen molar-refractivity contribution in [3.63, 3.8) is 0 Å². The fraction of sp³-hybridized carbons (Fsp3) is 0. The van der Waals surface area contributed by atoms with Gasteiger partial charge in [-0.25, -0.2) is 0 Å². The van der Waals surface area contributed by atoms with E-state index in [0.29, 0.717) is 21.2 Å². The van der Waals surface area contributed by atoms with Crippen LogP contribution in [0.15, 0.2) is 84.9 Å². The summed E-state index contributed by atoms with van der Waals surface area (Å²) in [6.07, 6.45) is 7.80. The summed E-state index contributed by atoms with van der Waals surface area (Å²) >= 11 is 11.9. The molecule has 4 aromatic rings. The Morgan fingerprint density at radius 2 is 0.882 bits per heavy atom. The molecule has 0 aliphatic carbocycles. The molecule has 4 aromatic carbocycles. The maximum Gasteiger partial charge on any atom is 0.0998 e. The Kier molecular flexibility index (Phi) is 7.26. The van der Waals surface area contributed by atoms with Crippen LogP contribution in [0, 0.1) is 22.7 Å². The van der Waals surface area contributed by atoms with Gasteiger partial charge in [-0.15, -0.1) is 0 Å². The predicted octanol–water partition coefficient (Wildman–Crippen LogP) is 8.74. The number of rotatable bonds is 5. The third kappa shape index (κ3) is 5.64. The van der Waals surface area contributed by atoms with Gasteiger partial charge in [-0.2, -0.15) is 10.5 Å². The van der Waals surface area contributed by atoms with E-state index in [0.717, 1.165) is 33.4 Å². The lowest BCUT2D eigenvalue weighted by atomic mass is 10.0. The highest BCUT2D eigenvalue weighted by atomic mass is 35.5. The van der Waals surface area contributed by atoms with Crippen molar-refractivity contribution in [2.45, 2.75) is 0 Å². The molecular weight excluding hydrogens is 459 g/mol. The predicted molar refractivity (Wildman–Crippen MR) is 142 cm³/mol. The Morgan fingerprint density at radius 3 is 1.24 bits per heavy atom. The Balaban J connectivity index is 1.47. The Hall–Kier alpha value is -4.08. The maximum atomic E-state index is 9.28. The van der Waals surface area contributed by atoms with E-state index in [-0.39, 0.29) is 0 Å². The SMILES string of the molecule is N#Cc1cc(Cl)ccc1/C=C/c1ccc(-c2ccc(/C=C/c3ccc(Cl)cc3C#N)cc2)cc1. The zero-order valence-corrected chi connectivity index (χ0v) is 19.6. The molecule has 0 aliphatic rings. The zero-order valence-electron chi connectivity index (χ0n) is 18.0. The Bertz CT molecular complexity index is 1350. The summed E-state index contributed by atoms with van der Waals surface area (Å²) in [6, 6.07) is 31.4. The minimum absolute atomic E-state index is 0.550. The van der Waals surface area contributed by atoms with Gasteiger partial charge in [-0.3, -0.25) is 0 Å². The molecule has 0 fully saturated rings. The summed E-state index contributed by atoms with van der Waals surface area (Å²) in [7, 11) is 0. The van der Waals surface area contributed by atoms with E-state index in [1.54, 1.807) is 24.3 Å². The second-order valence-electron chi connectivity index (χ2n) is 7.60. The molecule has 0 spiro atoms. The molecule has 0 heterocycles. The van der Waals surface area contributed by atoms with E-state index in [1.807, 2.05) is 60.7 Å². The molecular formula is C30H18Cl2N2. The Morgan fingerprint density at radius 1 is 0.500 bits per heavy atom. The van der Waals surface area contributed by atoms with Gasteiger partial charge in [-0.05, 0) is 57.6 Å². The second kappa shape index (κ2) is 10.7. The number of nitrogens with zero attached hydrogens (tertiary/aromatic N) is 2. The summed E-state index contributed by atoms with van der Waals surface area (Å²) < 4.78 is 0. The van der Waals surface area contributed by atoms with E-state index < -0.39 is 0 Å². The molecule has 4 heteroatoms. The number of benzene rings is 4. The summed E-state index contributed by atoms with van der Waals surface area (Å²) in [4.78, 5) is 0. The van der Waals surface area contributed by atoms with Gasteiger partial charge in [0, 0.05) is 10.0 Å². The molecule has 162 valence electrons. The summed E-state index contributed by atoms with van der Waals surface area (Å²) in [5.41, 5.74) is 7.07. The van der Waals surface area contributed by atoms with E-state index in [9.17, 15) is 10.5 Å². The van der Waals surface area contributed by atoms with Crippen LogP contribution in [0.3, 0.4) is 0 Å². The van der Waals surface area contributed by atoms with E-state index in [4.69, 9.17) is 23.2 Å². The summed E-state index contributed by atoms with van der Waals surface area (Å²) in [5, 5.41) is 19.7. The third-order valence-electron chi connectivity index (χ3n) is 5.34. The van der Waals surface area contributed by atoms with Crippen LogP contribution in [-0.2, 0) is 0 Å². The van der Waals surface area contributed by atoms with Crippen molar-refractivity contribution in [2.24, 2.45) is 0 Å². The van der Waals surface area contributed by atoms with Crippen LogP contribution >= 0.6 is 23.2 Å². The number of hydrogen-bond donors (Lipinski definition) is 0. The van der Waals surface area contributed by atoms with Crippen LogP contribution in [0.4, 0.5) is 0 Å². The first kappa shape index (κ1) is 23.1. The lowest BCUT2D eigenvalue weighted by molar-refractivity contribution is 1.47. The number of hydrogen-bond acceptors (Lipinski definition) is 2. The number of halogens is 2. The fourth-order valence-electron chi connectivity index (χ4n) is 3.49. The second-order valence-corrected chi connectivity index (χ2v) is 8.47. The van der Waals surface area contributed by atoms with Crippen LogP contribution in [-0.4, -0.2) is 0 Å². The van der Waals surface area contributed by atoms with Gasteiger partial charge in [0.2, 0.25) is 0 Å². The van der Waals surface area contributed by atoms with Crippen molar-refractivity contribution < 1.29 is 0 Å². The van der Waals surface area contributed by atoms with Crippen molar-refractivity contribution in [1.29, 1.82) is 10.5 Å². The van der Waals surface area contributed by atoms with Gasteiger partial charge in [0.05, 0.1) is 23.3 Å². The molecule has 0 bridgehead atoms. The Labute approximate surface area is 209 Å². The molecule has 2 nitrogen and oxygen atoms in total. The van der Waals surface area contributed by atoms with Crippen molar-refractivity contribution in [1.82, 2.24) is 0 Å². The average Bonchev–Trinajstić information content (AvgIpc) is 2.87. The van der Waals surface area contributed by atoms with Gasteiger partial charge in [0.25, 0.3) is 0 Å². The minimum Gasteiger partial charge on any atom is -0.192 e. The van der Waals surface area contributed by atoms with Gasteiger partial charge >= 0.3 is 0 Å². The lowest BCUT2D eigenvalue weighted by Gasteiger charge is -2.04. The average molecular weight is 477 g/mol. The first-order valence-electron chi connectivity index (χ1n) is 10.5. The molecule has 0 saturated heterocycles. The summed E-state index contributed by atoms with van der Waals surface area (Å²) in [6.45, 7) is 0. The third-order valence-corrected chi connectivity index (χ3v) is 5.81. The molecule has 0 unspecified atom stereocenters. The van der Waals surface area contributed by atoms with Crippen LogP contribution in [0.1, 0.15) is 33.4 Å².